The maximum Gasteiger partial charge on any atom is 0.222 e. The Morgan fingerprint density at radius 1 is 1.53 bits per heavy atom. The van der Waals surface area contributed by atoms with Crippen LogP contribution in [0.3, 0.4) is 0 Å². The van der Waals surface area contributed by atoms with Crippen molar-refractivity contribution in [3.63, 3.8) is 0 Å². The number of hydrogen-bond acceptors (Lipinski definition) is 2. The van der Waals surface area contributed by atoms with E-state index in [-0.39, 0.29) is 11.3 Å². The molecule has 96 valence electrons. The van der Waals surface area contributed by atoms with Crippen molar-refractivity contribution in [1.82, 2.24) is 15.1 Å². The first-order chi connectivity index (χ1) is 7.80. The lowest BCUT2D eigenvalue weighted by molar-refractivity contribution is -0.132. The van der Waals surface area contributed by atoms with Crippen molar-refractivity contribution in [2.45, 2.75) is 40.7 Å². The molecule has 1 aromatic rings. The third kappa shape index (κ3) is 4.21. The Kier molecular flexibility index (Phi) is 4.32. The van der Waals surface area contributed by atoms with Gasteiger partial charge in [0.05, 0.1) is 6.20 Å². The Bertz CT molecular complexity index is 351. The molecule has 1 rings (SSSR count). The van der Waals surface area contributed by atoms with Crippen molar-refractivity contribution < 1.29 is 4.79 Å². The molecule has 0 aliphatic carbocycles. The minimum Gasteiger partial charge on any atom is -0.341 e. The van der Waals surface area contributed by atoms with Crippen molar-refractivity contribution in [2.24, 2.45) is 11.3 Å². The van der Waals surface area contributed by atoms with Crippen molar-refractivity contribution >= 4 is 5.91 Å². The van der Waals surface area contributed by atoms with Gasteiger partial charge in [-0.15, -0.1) is 0 Å². The molecule has 1 N–H and O–H groups in total. The van der Waals surface area contributed by atoms with Gasteiger partial charge >= 0.3 is 0 Å². The summed E-state index contributed by atoms with van der Waals surface area (Å²) in [5, 5.41) is 6.62. The van der Waals surface area contributed by atoms with E-state index in [2.05, 4.69) is 37.9 Å². The molecule has 0 aliphatic heterocycles. The first-order valence-electron chi connectivity index (χ1n) is 6.02. The number of carbonyl (C=O) groups excluding carboxylic acids is 1. The molecule has 1 unspecified atom stereocenters. The quantitative estimate of drug-likeness (QED) is 0.874. The number of nitrogens with zero attached hydrogens (tertiary/aromatic N) is 2. The third-order valence-corrected chi connectivity index (χ3v) is 3.36. The topological polar surface area (TPSA) is 49.0 Å². The van der Waals surface area contributed by atoms with E-state index < -0.39 is 0 Å². The van der Waals surface area contributed by atoms with Gasteiger partial charge in [-0.1, -0.05) is 27.7 Å². The smallest absolute Gasteiger partial charge is 0.222 e. The molecule has 0 aliphatic rings. The molecule has 0 bridgehead atoms. The molecule has 0 saturated carbocycles. The van der Waals surface area contributed by atoms with Gasteiger partial charge < -0.3 is 4.90 Å². The Morgan fingerprint density at radius 3 is 2.65 bits per heavy atom. The maximum absolute atomic E-state index is 12.0. The normalized spacial score (nSPS) is 13.5. The molecule has 4 nitrogen and oxygen atoms in total. The highest BCUT2D eigenvalue weighted by molar-refractivity contribution is 5.76. The van der Waals surface area contributed by atoms with Crippen LogP contribution in [0, 0.1) is 11.3 Å². The van der Waals surface area contributed by atoms with Crippen LogP contribution in [0.1, 0.15) is 39.7 Å². The second-order valence-electron chi connectivity index (χ2n) is 5.83. The van der Waals surface area contributed by atoms with E-state index in [0.717, 1.165) is 5.56 Å². The van der Waals surface area contributed by atoms with E-state index in [1.807, 2.05) is 13.2 Å². The first kappa shape index (κ1) is 13.7. The number of H-pyrrole nitrogens is 1. The minimum absolute atomic E-state index is 0.173. The Morgan fingerprint density at radius 2 is 2.18 bits per heavy atom. The van der Waals surface area contributed by atoms with Crippen molar-refractivity contribution in [2.75, 3.05) is 7.05 Å². The third-order valence-electron chi connectivity index (χ3n) is 3.36. The van der Waals surface area contributed by atoms with Gasteiger partial charge in [0.1, 0.15) is 0 Å². The molecule has 0 spiro atoms. The average molecular weight is 237 g/mol. The zero-order valence-electron chi connectivity index (χ0n) is 11.4. The van der Waals surface area contributed by atoms with Crippen molar-refractivity contribution in [3.05, 3.63) is 18.0 Å². The number of nitrogens with one attached hydrogen (secondary N) is 1. The zero-order chi connectivity index (χ0) is 13.1. The predicted molar refractivity (Wildman–Crippen MR) is 68.3 cm³/mol. The molecule has 17 heavy (non-hydrogen) atoms. The van der Waals surface area contributed by atoms with Crippen LogP contribution in [0.25, 0.3) is 0 Å². The van der Waals surface area contributed by atoms with Crippen LogP contribution >= 0.6 is 0 Å². The monoisotopic (exact) mass is 237 g/mol. The molecule has 1 atom stereocenters. The molecule has 1 amide bonds. The molecule has 0 fully saturated rings. The van der Waals surface area contributed by atoms with E-state index in [1.165, 1.54) is 0 Å². The number of rotatable bonds is 4. The zero-order valence-corrected chi connectivity index (χ0v) is 11.4. The van der Waals surface area contributed by atoms with Gasteiger partial charge in [-0.3, -0.25) is 9.89 Å². The highest BCUT2D eigenvalue weighted by atomic mass is 16.2. The lowest BCUT2D eigenvalue weighted by Crippen LogP contribution is -2.30. The fourth-order valence-electron chi connectivity index (χ4n) is 1.45. The Labute approximate surface area is 103 Å². The SMILES string of the molecule is CC(CC(=O)N(C)Cc1cn[nH]c1)C(C)(C)C. The van der Waals surface area contributed by atoms with E-state index in [0.29, 0.717) is 18.9 Å². The Hall–Kier alpha value is -1.32. The summed E-state index contributed by atoms with van der Waals surface area (Å²) in [5.41, 5.74) is 1.20. The van der Waals surface area contributed by atoms with Crippen LogP contribution in [-0.4, -0.2) is 28.1 Å². The Balaban J connectivity index is 2.48. The lowest BCUT2D eigenvalue weighted by atomic mass is 9.80. The van der Waals surface area contributed by atoms with Gasteiger partial charge in [-0.05, 0) is 11.3 Å². The predicted octanol–water partition coefficient (Wildman–Crippen LogP) is 2.44. The number of aromatic amines is 1. The van der Waals surface area contributed by atoms with Crippen molar-refractivity contribution in [3.8, 4) is 0 Å². The van der Waals surface area contributed by atoms with Gasteiger partial charge in [0, 0.05) is 31.8 Å². The maximum atomic E-state index is 12.0. The van der Waals surface area contributed by atoms with Crippen LogP contribution < -0.4 is 0 Å². The van der Waals surface area contributed by atoms with Gasteiger partial charge in [0.25, 0.3) is 0 Å². The highest BCUT2D eigenvalue weighted by Crippen LogP contribution is 2.28. The second-order valence-corrected chi connectivity index (χ2v) is 5.83. The van der Waals surface area contributed by atoms with E-state index in [1.54, 1.807) is 11.1 Å². The summed E-state index contributed by atoms with van der Waals surface area (Å²) in [5.74, 6) is 0.565. The molecule has 0 radical (unpaired) electrons. The molecule has 0 saturated heterocycles. The van der Waals surface area contributed by atoms with E-state index in [9.17, 15) is 4.79 Å². The largest absolute Gasteiger partial charge is 0.341 e. The van der Waals surface area contributed by atoms with Crippen LogP contribution in [0.5, 0.6) is 0 Å². The van der Waals surface area contributed by atoms with Crippen LogP contribution in [0.2, 0.25) is 0 Å². The summed E-state index contributed by atoms with van der Waals surface area (Å²) in [4.78, 5) is 13.8. The summed E-state index contributed by atoms with van der Waals surface area (Å²) < 4.78 is 0. The average Bonchev–Trinajstić information content (AvgIpc) is 2.68. The minimum atomic E-state index is 0.173. The molecule has 1 aromatic heterocycles. The number of carbonyl (C=O) groups is 1. The van der Waals surface area contributed by atoms with Crippen LogP contribution in [0.4, 0.5) is 0 Å². The summed E-state index contributed by atoms with van der Waals surface area (Å²) in [7, 11) is 1.84. The number of amides is 1. The van der Waals surface area contributed by atoms with Crippen LogP contribution in [-0.2, 0) is 11.3 Å². The second kappa shape index (κ2) is 5.34. The molecule has 0 aromatic carbocycles. The molecule has 1 heterocycles. The summed E-state index contributed by atoms with van der Waals surface area (Å²) in [6.07, 6.45) is 4.16. The van der Waals surface area contributed by atoms with Gasteiger partial charge in [0.15, 0.2) is 0 Å². The summed E-state index contributed by atoms with van der Waals surface area (Å²) in [6.45, 7) is 9.25. The van der Waals surface area contributed by atoms with Crippen LogP contribution in [0.15, 0.2) is 12.4 Å². The first-order valence-corrected chi connectivity index (χ1v) is 6.02. The fourth-order valence-corrected chi connectivity index (χ4v) is 1.45. The number of aromatic nitrogens is 2. The molecular formula is C13H23N3O. The van der Waals surface area contributed by atoms with E-state index in [4.69, 9.17) is 0 Å². The van der Waals surface area contributed by atoms with Gasteiger partial charge in [-0.2, -0.15) is 5.10 Å². The van der Waals surface area contributed by atoms with Crippen molar-refractivity contribution in [1.29, 1.82) is 0 Å². The highest BCUT2D eigenvalue weighted by Gasteiger charge is 2.24. The summed E-state index contributed by atoms with van der Waals surface area (Å²) >= 11 is 0. The van der Waals surface area contributed by atoms with Gasteiger partial charge in [-0.25, -0.2) is 0 Å². The molecular weight excluding hydrogens is 214 g/mol. The van der Waals surface area contributed by atoms with Gasteiger partial charge in [0.2, 0.25) is 5.91 Å². The number of hydrogen-bond donors (Lipinski definition) is 1. The molecule has 4 heteroatoms. The fraction of sp³-hybridized carbons (Fsp3) is 0.692. The summed E-state index contributed by atoms with van der Waals surface area (Å²) in [6, 6.07) is 0. The standard InChI is InChI=1S/C13H23N3O/c1-10(13(2,3)4)6-12(17)16(5)9-11-7-14-15-8-11/h7-8,10H,6,9H2,1-5H3,(H,14,15). The lowest BCUT2D eigenvalue weighted by Gasteiger charge is -2.28. The van der Waals surface area contributed by atoms with E-state index >= 15 is 0 Å².